The number of esters is 3. The smallest absolute Gasteiger partial charge is 0.408 e. The van der Waals surface area contributed by atoms with Gasteiger partial charge < -0.3 is 19.5 Å². The molecule has 2 rings (SSSR count). The zero-order valence-electron chi connectivity index (χ0n) is 13.3. The van der Waals surface area contributed by atoms with Crippen LogP contribution >= 0.6 is 0 Å². The lowest BCUT2D eigenvalue weighted by molar-refractivity contribution is -0.156. The van der Waals surface area contributed by atoms with Crippen molar-refractivity contribution < 1.29 is 33.4 Å². The Morgan fingerprint density at radius 1 is 1.13 bits per heavy atom. The molecule has 1 aliphatic carbocycles. The third-order valence-electron chi connectivity index (χ3n) is 3.59. The van der Waals surface area contributed by atoms with E-state index in [9.17, 15) is 19.2 Å². The molecule has 0 aromatic carbocycles. The fourth-order valence-electron chi connectivity index (χ4n) is 2.69. The van der Waals surface area contributed by atoms with Gasteiger partial charge in [-0.2, -0.15) is 0 Å². The van der Waals surface area contributed by atoms with Crippen LogP contribution < -0.4 is 5.32 Å². The number of cyclic esters (lactones) is 2. The number of nitrogens with one attached hydrogen (secondary N) is 1. The molecule has 0 saturated carbocycles. The molecule has 0 radical (unpaired) electrons. The Bertz CT molecular complexity index is 575. The highest BCUT2D eigenvalue weighted by Gasteiger charge is 2.55. The molecule has 0 bridgehead atoms. The molecule has 1 aliphatic heterocycles. The monoisotopic (exact) mass is 325 g/mol. The van der Waals surface area contributed by atoms with Gasteiger partial charge in [0.2, 0.25) is 0 Å². The lowest BCUT2D eigenvalue weighted by atomic mass is 9.74. The highest BCUT2D eigenvalue weighted by molar-refractivity contribution is 6.00. The highest BCUT2D eigenvalue weighted by atomic mass is 16.6. The van der Waals surface area contributed by atoms with Gasteiger partial charge in [0.25, 0.3) is 0 Å². The second kappa shape index (κ2) is 6.02. The van der Waals surface area contributed by atoms with E-state index in [-0.39, 0.29) is 0 Å². The minimum absolute atomic E-state index is 0.640. The van der Waals surface area contributed by atoms with Crippen LogP contribution in [0.5, 0.6) is 0 Å². The fraction of sp³-hybridized carbons (Fsp3) is 0.600. The van der Waals surface area contributed by atoms with E-state index in [2.05, 4.69) is 14.8 Å². The third kappa shape index (κ3) is 3.52. The first kappa shape index (κ1) is 17.0. The number of ether oxygens (including phenoxy) is 3. The van der Waals surface area contributed by atoms with E-state index < -0.39 is 53.4 Å². The van der Waals surface area contributed by atoms with E-state index >= 15 is 0 Å². The van der Waals surface area contributed by atoms with Crippen LogP contribution in [0, 0.1) is 17.8 Å². The summed E-state index contributed by atoms with van der Waals surface area (Å²) in [5, 5.41) is 2.52. The number of methoxy groups -OCH3 is 1. The van der Waals surface area contributed by atoms with Crippen LogP contribution in [-0.2, 0) is 28.6 Å². The molecule has 0 aromatic heterocycles. The first-order valence-electron chi connectivity index (χ1n) is 7.15. The maximum Gasteiger partial charge on any atom is 0.408 e. The quantitative estimate of drug-likeness (QED) is 0.342. The molecule has 126 valence electrons. The normalized spacial score (nSPS) is 29.6. The van der Waals surface area contributed by atoms with Crippen LogP contribution in [0.2, 0.25) is 0 Å². The van der Waals surface area contributed by atoms with Gasteiger partial charge in [0.15, 0.2) is 0 Å². The lowest BCUT2D eigenvalue weighted by Gasteiger charge is -2.30. The molecule has 8 heteroatoms. The van der Waals surface area contributed by atoms with E-state index in [4.69, 9.17) is 4.74 Å². The minimum atomic E-state index is -1.01. The summed E-state index contributed by atoms with van der Waals surface area (Å²) in [7, 11) is 1.19. The molecule has 1 fully saturated rings. The van der Waals surface area contributed by atoms with Crippen molar-refractivity contribution in [1.29, 1.82) is 0 Å². The summed E-state index contributed by atoms with van der Waals surface area (Å²) in [4.78, 5) is 47.5. The summed E-state index contributed by atoms with van der Waals surface area (Å²) in [6.45, 7) is 5.10. The molecule has 0 aromatic rings. The zero-order chi connectivity index (χ0) is 17.4. The number of hydrogen-bond donors (Lipinski definition) is 1. The molecular weight excluding hydrogens is 306 g/mol. The van der Waals surface area contributed by atoms with Gasteiger partial charge in [-0.25, -0.2) is 4.79 Å². The van der Waals surface area contributed by atoms with E-state index in [1.807, 2.05) is 0 Å². The summed E-state index contributed by atoms with van der Waals surface area (Å²) in [6, 6.07) is -0.797. The topological polar surface area (TPSA) is 108 Å². The van der Waals surface area contributed by atoms with Crippen LogP contribution in [0.25, 0.3) is 0 Å². The minimum Gasteiger partial charge on any atom is -0.469 e. The predicted molar refractivity (Wildman–Crippen MR) is 75.9 cm³/mol. The molecule has 2 aliphatic rings. The van der Waals surface area contributed by atoms with Gasteiger partial charge in [-0.1, -0.05) is 12.2 Å². The number of rotatable bonds is 2. The van der Waals surface area contributed by atoms with Gasteiger partial charge in [0.1, 0.15) is 5.60 Å². The SMILES string of the molecule is COC(=O)[C@H]1C=C[C@@H](NC(=O)OC(C)(C)C)[C@H]2C(=O)OC(=O)[C@H]21. The van der Waals surface area contributed by atoms with Crippen molar-refractivity contribution in [2.75, 3.05) is 7.11 Å². The van der Waals surface area contributed by atoms with Crippen molar-refractivity contribution in [2.45, 2.75) is 32.4 Å². The van der Waals surface area contributed by atoms with E-state index in [0.29, 0.717) is 0 Å². The Morgan fingerprint density at radius 2 is 1.74 bits per heavy atom. The molecular formula is C15H19NO7. The van der Waals surface area contributed by atoms with Gasteiger partial charge >= 0.3 is 24.0 Å². The number of carbonyl (C=O) groups is 4. The molecule has 0 spiro atoms. The standard InChI is InChI=1S/C15H19NO7/c1-15(2,3)23-14(20)16-8-6-5-7(11(17)21-4)9-10(8)13(19)22-12(9)18/h5-10H,1-4H3,(H,16,20)/t7-,8+,9-,10+/m0/s1. The highest BCUT2D eigenvalue weighted by Crippen LogP contribution is 2.38. The maximum absolute atomic E-state index is 11.9. The Kier molecular flexibility index (Phi) is 4.44. The Labute approximate surface area is 133 Å². The summed E-state index contributed by atoms with van der Waals surface area (Å²) >= 11 is 0. The summed E-state index contributed by atoms with van der Waals surface area (Å²) < 4.78 is 14.4. The molecule has 1 N–H and O–H groups in total. The Hall–Kier alpha value is -2.38. The van der Waals surface area contributed by atoms with Crippen LogP contribution in [0.15, 0.2) is 12.2 Å². The van der Waals surface area contributed by atoms with Crippen molar-refractivity contribution in [2.24, 2.45) is 17.8 Å². The third-order valence-corrected chi connectivity index (χ3v) is 3.59. The second-order valence-corrected chi connectivity index (χ2v) is 6.40. The molecule has 8 nitrogen and oxygen atoms in total. The number of fused-ring (bicyclic) bond motifs is 1. The summed E-state index contributed by atoms with van der Waals surface area (Å²) in [5.74, 6) is -5.13. The molecule has 0 unspecified atom stereocenters. The Balaban J connectivity index is 2.22. The van der Waals surface area contributed by atoms with Crippen molar-refractivity contribution in [3.63, 3.8) is 0 Å². The van der Waals surface area contributed by atoms with Crippen molar-refractivity contribution in [3.05, 3.63) is 12.2 Å². The largest absolute Gasteiger partial charge is 0.469 e. The molecule has 1 heterocycles. The average molecular weight is 325 g/mol. The summed E-state index contributed by atoms with van der Waals surface area (Å²) in [6.07, 6.45) is 2.19. The first-order valence-corrected chi connectivity index (χ1v) is 7.15. The van der Waals surface area contributed by atoms with Crippen molar-refractivity contribution in [3.8, 4) is 0 Å². The van der Waals surface area contributed by atoms with Crippen LogP contribution in [0.1, 0.15) is 20.8 Å². The van der Waals surface area contributed by atoms with Crippen LogP contribution in [0.3, 0.4) is 0 Å². The molecule has 4 atom stereocenters. The fourth-order valence-corrected chi connectivity index (χ4v) is 2.69. The van der Waals surface area contributed by atoms with E-state index in [0.717, 1.165) is 0 Å². The van der Waals surface area contributed by atoms with Crippen LogP contribution in [-0.4, -0.2) is 42.8 Å². The lowest BCUT2D eigenvalue weighted by Crippen LogP contribution is -2.49. The molecule has 1 amide bonds. The van der Waals surface area contributed by atoms with Gasteiger partial charge in [0.05, 0.1) is 30.9 Å². The van der Waals surface area contributed by atoms with Gasteiger partial charge in [0, 0.05) is 0 Å². The number of alkyl carbamates (subject to hydrolysis) is 1. The predicted octanol–water partition coefficient (Wildman–Crippen LogP) is 0.554. The number of hydrogen-bond acceptors (Lipinski definition) is 7. The van der Waals surface area contributed by atoms with Gasteiger partial charge in [-0.3, -0.25) is 14.4 Å². The molecule has 1 saturated heterocycles. The summed E-state index contributed by atoms with van der Waals surface area (Å²) in [5.41, 5.74) is -0.706. The van der Waals surface area contributed by atoms with Crippen molar-refractivity contribution >= 4 is 24.0 Å². The Morgan fingerprint density at radius 3 is 2.30 bits per heavy atom. The van der Waals surface area contributed by atoms with Gasteiger partial charge in [-0.15, -0.1) is 0 Å². The maximum atomic E-state index is 11.9. The van der Waals surface area contributed by atoms with E-state index in [1.165, 1.54) is 19.3 Å². The van der Waals surface area contributed by atoms with Gasteiger partial charge in [-0.05, 0) is 20.8 Å². The first-order chi connectivity index (χ1) is 10.6. The average Bonchev–Trinajstić information content (AvgIpc) is 2.72. The zero-order valence-corrected chi connectivity index (χ0v) is 13.3. The van der Waals surface area contributed by atoms with Crippen molar-refractivity contribution in [1.82, 2.24) is 5.32 Å². The second-order valence-electron chi connectivity index (χ2n) is 6.40. The molecule has 23 heavy (non-hydrogen) atoms. The van der Waals surface area contributed by atoms with E-state index in [1.54, 1.807) is 20.8 Å². The number of amides is 1. The number of carbonyl (C=O) groups excluding carboxylic acids is 4. The van der Waals surface area contributed by atoms with Crippen LogP contribution in [0.4, 0.5) is 4.79 Å².